The third kappa shape index (κ3) is 2.35. The van der Waals surface area contributed by atoms with Crippen LogP contribution in [0.1, 0.15) is 38.8 Å². The number of allylic oxidation sites excluding steroid dienone is 2. The molecular formula is C17H20N2. The Morgan fingerprint density at radius 2 is 2.00 bits per heavy atom. The largest absolute Gasteiger partial charge is 0.384 e. The van der Waals surface area contributed by atoms with Gasteiger partial charge in [0.1, 0.15) is 5.82 Å². The molecule has 2 aromatic rings. The number of pyridine rings is 1. The second-order valence-electron chi connectivity index (χ2n) is 6.21. The molecule has 1 aliphatic rings. The van der Waals surface area contributed by atoms with E-state index in [1.807, 2.05) is 12.1 Å². The number of hydrogen-bond acceptors (Lipinski definition) is 2. The van der Waals surface area contributed by atoms with Crippen molar-refractivity contribution in [3.05, 3.63) is 42.1 Å². The summed E-state index contributed by atoms with van der Waals surface area (Å²) in [6.45, 7) is 4.65. The third-order valence-corrected chi connectivity index (χ3v) is 4.04. The average molecular weight is 252 g/mol. The molecule has 0 amide bonds. The highest BCUT2D eigenvalue weighted by atomic mass is 14.8. The molecule has 1 heterocycles. The van der Waals surface area contributed by atoms with Crippen molar-refractivity contribution >= 4 is 22.2 Å². The first-order valence-corrected chi connectivity index (χ1v) is 6.90. The highest BCUT2D eigenvalue weighted by Crippen LogP contribution is 2.39. The monoisotopic (exact) mass is 252 g/mol. The Labute approximate surface area is 114 Å². The lowest BCUT2D eigenvalue weighted by molar-refractivity contribution is 0.335. The molecule has 0 bridgehead atoms. The van der Waals surface area contributed by atoms with Gasteiger partial charge >= 0.3 is 0 Å². The van der Waals surface area contributed by atoms with Crippen molar-refractivity contribution in [1.29, 1.82) is 0 Å². The van der Waals surface area contributed by atoms with Crippen molar-refractivity contribution in [2.24, 2.45) is 5.41 Å². The fourth-order valence-corrected chi connectivity index (χ4v) is 2.76. The molecule has 2 nitrogen and oxygen atoms in total. The van der Waals surface area contributed by atoms with Crippen LogP contribution in [-0.2, 0) is 0 Å². The predicted molar refractivity (Wildman–Crippen MR) is 81.8 cm³/mol. The van der Waals surface area contributed by atoms with Crippen molar-refractivity contribution in [1.82, 2.24) is 4.98 Å². The van der Waals surface area contributed by atoms with Gasteiger partial charge in [0.2, 0.25) is 0 Å². The fraction of sp³-hybridized carbons (Fsp3) is 0.353. The van der Waals surface area contributed by atoms with Crippen LogP contribution in [0.4, 0.5) is 5.82 Å². The van der Waals surface area contributed by atoms with Crippen LogP contribution in [0.3, 0.4) is 0 Å². The van der Waals surface area contributed by atoms with Gasteiger partial charge in [-0.05, 0) is 41.7 Å². The summed E-state index contributed by atoms with van der Waals surface area (Å²) >= 11 is 0. The Morgan fingerprint density at radius 1 is 1.21 bits per heavy atom. The number of nitrogens with two attached hydrogens (primary N) is 1. The van der Waals surface area contributed by atoms with Crippen molar-refractivity contribution in [2.75, 3.05) is 5.73 Å². The number of nitrogens with zero attached hydrogens (tertiary/aromatic N) is 1. The maximum Gasteiger partial charge on any atom is 0.124 e. The van der Waals surface area contributed by atoms with Crippen LogP contribution in [0, 0.1) is 5.41 Å². The fourth-order valence-electron chi connectivity index (χ4n) is 2.76. The first kappa shape index (κ1) is 12.2. The van der Waals surface area contributed by atoms with Crippen LogP contribution >= 0.6 is 0 Å². The topological polar surface area (TPSA) is 38.9 Å². The molecular weight excluding hydrogens is 232 g/mol. The molecule has 0 atom stereocenters. The first-order chi connectivity index (χ1) is 9.05. The summed E-state index contributed by atoms with van der Waals surface area (Å²) in [7, 11) is 0. The maximum absolute atomic E-state index is 5.95. The van der Waals surface area contributed by atoms with Gasteiger partial charge in [-0.2, -0.15) is 0 Å². The Hall–Kier alpha value is -1.83. The summed E-state index contributed by atoms with van der Waals surface area (Å²) in [4.78, 5) is 4.58. The molecule has 0 unspecified atom stereocenters. The van der Waals surface area contributed by atoms with Crippen molar-refractivity contribution in [2.45, 2.75) is 33.1 Å². The molecule has 0 saturated carbocycles. The molecule has 0 spiro atoms. The first-order valence-electron chi connectivity index (χ1n) is 6.90. The molecule has 1 aromatic carbocycles. The van der Waals surface area contributed by atoms with Gasteiger partial charge in [0.25, 0.3) is 0 Å². The average Bonchev–Trinajstić information content (AvgIpc) is 2.38. The Morgan fingerprint density at radius 3 is 2.74 bits per heavy atom. The van der Waals surface area contributed by atoms with E-state index < -0.39 is 0 Å². The van der Waals surface area contributed by atoms with Crippen molar-refractivity contribution in [3.8, 4) is 0 Å². The minimum absolute atomic E-state index is 0.416. The van der Waals surface area contributed by atoms with Crippen LogP contribution < -0.4 is 5.73 Å². The van der Waals surface area contributed by atoms with Gasteiger partial charge < -0.3 is 5.73 Å². The Kier molecular flexibility index (Phi) is 2.81. The number of benzene rings is 1. The predicted octanol–water partition coefficient (Wildman–Crippen LogP) is 4.41. The molecule has 2 heteroatoms. The van der Waals surface area contributed by atoms with Gasteiger partial charge in [-0.1, -0.05) is 44.2 Å². The number of rotatable bonds is 1. The Bertz CT molecular complexity index is 653. The molecule has 0 saturated heterocycles. The smallest absolute Gasteiger partial charge is 0.124 e. The van der Waals surface area contributed by atoms with Gasteiger partial charge in [0, 0.05) is 5.39 Å². The third-order valence-electron chi connectivity index (χ3n) is 4.04. The van der Waals surface area contributed by atoms with Gasteiger partial charge in [-0.15, -0.1) is 0 Å². The molecule has 98 valence electrons. The maximum atomic E-state index is 5.95. The van der Waals surface area contributed by atoms with E-state index in [2.05, 4.69) is 43.1 Å². The number of fused-ring (bicyclic) bond motifs is 1. The molecule has 2 N–H and O–H groups in total. The molecule has 0 radical (unpaired) electrons. The zero-order chi connectivity index (χ0) is 13.5. The summed E-state index contributed by atoms with van der Waals surface area (Å²) < 4.78 is 0. The summed E-state index contributed by atoms with van der Waals surface area (Å²) in [5, 5.41) is 2.39. The molecule has 1 aliphatic carbocycles. The van der Waals surface area contributed by atoms with E-state index in [1.165, 1.54) is 22.8 Å². The highest BCUT2D eigenvalue weighted by Gasteiger charge is 2.23. The van der Waals surface area contributed by atoms with Crippen LogP contribution in [0.25, 0.3) is 16.3 Å². The van der Waals surface area contributed by atoms with Gasteiger partial charge in [0.05, 0.1) is 5.69 Å². The minimum Gasteiger partial charge on any atom is -0.384 e. The Balaban J connectivity index is 2.13. The van der Waals surface area contributed by atoms with Gasteiger partial charge in [-0.25, -0.2) is 4.98 Å². The lowest BCUT2D eigenvalue weighted by Crippen LogP contribution is -2.14. The zero-order valence-corrected chi connectivity index (χ0v) is 11.6. The van der Waals surface area contributed by atoms with E-state index in [4.69, 9.17) is 5.73 Å². The van der Waals surface area contributed by atoms with Gasteiger partial charge in [-0.3, -0.25) is 0 Å². The standard InChI is InChI=1S/C17H20N2/c1-17(2)9-7-12(8-10-17)16-14-6-4-3-5-13(14)11-15(18)19-16/h3-7,11H,8-10H2,1-2H3,(H2,18,19). The van der Waals surface area contributed by atoms with Crippen LogP contribution in [0.2, 0.25) is 0 Å². The van der Waals surface area contributed by atoms with E-state index in [9.17, 15) is 0 Å². The van der Waals surface area contributed by atoms with E-state index >= 15 is 0 Å². The highest BCUT2D eigenvalue weighted by molar-refractivity contribution is 5.93. The van der Waals surface area contributed by atoms with E-state index in [0.717, 1.165) is 18.5 Å². The van der Waals surface area contributed by atoms with E-state index in [-0.39, 0.29) is 0 Å². The molecule has 1 aromatic heterocycles. The second-order valence-corrected chi connectivity index (χ2v) is 6.21. The molecule has 19 heavy (non-hydrogen) atoms. The minimum atomic E-state index is 0.416. The summed E-state index contributed by atoms with van der Waals surface area (Å²) in [6, 6.07) is 10.3. The summed E-state index contributed by atoms with van der Waals surface area (Å²) in [5.74, 6) is 0.611. The SMILES string of the molecule is CC1(C)CC=C(c2nc(N)cc3ccccc23)CC1. The van der Waals surface area contributed by atoms with Gasteiger partial charge in [0.15, 0.2) is 0 Å². The lowest BCUT2D eigenvalue weighted by Gasteiger charge is -2.28. The van der Waals surface area contributed by atoms with Crippen LogP contribution in [0.15, 0.2) is 36.4 Å². The van der Waals surface area contributed by atoms with Crippen LogP contribution in [0.5, 0.6) is 0 Å². The number of hydrogen-bond donors (Lipinski definition) is 1. The summed E-state index contributed by atoms with van der Waals surface area (Å²) in [5.41, 5.74) is 8.79. The summed E-state index contributed by atoms with van der Waals surface area (Å²) in [6.07, 6.45) is 5.77. The number of aromatic nitrogens is 1. The van der Waals surface area contributed by atoms with E-state index in [0.29, 0.717) is 11.2 Å². The molecule has 3 rings (SSSR count). The number of nitrogen functional groups attached to an aromatic ring is 1. The normalized spacial score (nSPS) is 18.3. The van der Waals surface area contributed by atoms with E-state index in [1.54, 1.807) is 0 Å². The zero-order valence-electron chi connectivity index (χ0n) is 11.6. The molecule has 0 aliphatic heterocycles. The van der Waals surface area contributed by atoms with Crippen LogP contribution in [-0.4, -0.2) is 4.98 Å². The number of anilines is 1. The van der Waals surface area contributed by atoms with Crippen molar-refractivity contribution in [3.63, 3.8) is 0 Å². The lowest BCUT2D eigenvalue weighted by atomic mass is 9.77. The molecule has 0 fully saturated rings. The van der Waals surface area contributed by atoms with Crippen molar-refractivity contribution < 1.29 is 0 Å². The second kappa shape index (κ2) is 4.37. The quantitative estimate of drug-likeness (QED) is 0.816.